The number of amides is 1. The molecule has 0 fully saturated rings. The van der Waals surface area contributed by atoms with E-state index in [2.05, 4.69) is 6.92 Å². The first-order valence-electron chi connectivity index (χ1n) is 14.2. The number of aliphatic hydroxyl groups is 1. The number of nitrogens with zero attached hydrogens (tertiary/aromatic N) is 2. The van der Waals surface area contributed by atoms with Crippen LogP contribution in [0.4, 0.5) is 17.6 Å². The fourth-order valence-electron chi connectivity index (χ4n) is 5.28. The summed E-state index contributed by atoms with van der Waals surface area (Å²) in [7, 11) is 3.37. The van der Waals surface area contributed by atoms with Crippen LogP contribution < -0.4 is 10.5 Å². The van der Waals surface area contributed by atoms with Crippen LogP contribution >= 0.6 is 0 Å². The molecule has 0 aliphatic heterocycles. The van der Waals surface area contributed by atoms with Crippen molar-refractivity contribution in [3.63, 3.8) is 0 Å². The Labute approximate surface area is 245 Å². The van der Waals surface area contributed by atoms with Crippen molar-refractivity contribution >= 4 is 16.7 Å². The number of ether oxygens (including phenoxy) is 1. The van der Waals surface area contributed by atoms with E-state index in [1.54, 1.807) is 14.1 Å². The van der Waals surface area contributed by atoms with Crippen LogP contribution in [0.3, 0.4) is 0 Å². The third-order valence-electron chi connectivity index (χ3n) is 8.20. The maximum atomic E-state index is 15.7. The second-order valence-corrected chi connectivity index (χ2v) is 12.1. The number of rotatable bonds is 13. The molecule has 42 heavy (non-hydrogen) atoms. The van der Waals surface area contributed by atoms with Crippen LogP contribution in [0, 0.1) is 18.2 Å². The zero-order valence-electron chi connectivity index (χ0n) is 25.2. The van der Waals surface area contributed by atoms with Gasteiger partial charge >= 0.3 is 6.18 Å². The molecule has 230 valence electrons. The van der Waals surface area contributed by atoms with Crippen LogP contribution in [0.15, 0.2) is 36.4 Å². The van der Waals surface area contributed by atoms with Crippen LogP contribution in [0.1, 0.15) is 78.8 Å². The molecule has 0 spiro atoms. The second-order valence-electron chi connectivity index (χ2n) is 12.1. The van der Waals surface area contributed by atoms with E-state index in [-0.39, 0.29) is 39.9 Å². The molecule has 0 saturated heterocycles. The highest BCUT2D eigenvalue weighted by Gasteiger charge is 2.52. The maximum absolute atomic E-state index is 15.7. The molecule has 1 amide bonds. The molecule has 3 rings (SSSR count). The molecule has 0 aliphatic carbocycles. The molecule has 3 N–H and O–H groups in total. The minimum absolute atomic E-state index is 0.0748. The average molecular weight is 593 g/mol. The van der Waals surface area contributed by atoms with Crippen LogP contribution in [0.25, 0.3) is 10.8 Å². The largest absolute Gasteiger partial charge is 0.471 e. The van der Waals surface area contributed by atoms with Crippen molar-refractivity contribution in [2.24, 2.45) is 11.1 Å². The van der Waals surface area contributed by atoms with Gasteiger partial charge in [-0.3, -0.25) is 4.79 Å². The number of benzene rings is 2. The molecular weight excluding hydrogens is 550 g/mol. The lowest BCUT2D eigenvalue weighted by Gasteiger charge is -2.43. The number of aromatic nitrogens is 1. The number of nitrogens with two attached hydrogens (primary N) is 1. The van der Waals surface area contributed by atoms with Gasteiger partial charge < -0.3 is 20.1 Å². The average Bonchev–Trinajstić information content (AvgIpc) is 2.90. The third-order valence-corrected chi connectivity index (χ3v) is 8.20. The van der Waals surface area contributed by atoms with E-state index < -0.39 is 42.4 Å². The number of unbranched alkanes of at least 4 members (excludes halogenated alkanes) is 1. The molecule has 2 aromatic carbocycles. The SMILES string of the molecule is CCCCc1cc2ccccc2c(OCC[N+](C)(C)C(CC(C)(C)C(F)(F)F)c2c(F)cc(CO)c(C)c2C(N)=O)n1. The quantitative estimate of drug-likeness (QED) is 0.169. The van der Waals surface area contributed by atoms with Gasteiger partial charge in [0.25, 0.3) is 0 Å². The predicted molar refractivity (Wildman–Crippen MR) is 156 cm³/mol. The lowest BCUT2D eigenvalue weighted by atomic mass is 9.79. The number of primary amides is 1. The van der Waals surface area contributed by atoms with Gasteiger partial charge in [-0.05, 0) is 54.5 Å². The van der Waals surface area contributed by atoms with Crippen molar-refractivity contribution in [3.8, 4) is 5.88 Å². The van der Waals surface area contributed by atoms with Crippen LogP contribution in [0.2, 0.25) is 0 Å². The number of likely N-dealkylation sites (N-methyl/N-ethyl adjacent to an activating group) is 1. The topological polar surface area (TPSA) is 85.4 Å². The van der Waals surface area contributed by atoms with E-state index in [4.69, 9.17) is 15.5 Å². The van der Waals surface area contributed by atoms with Crippen molar-refractivity contribution in [1.29, 1.82) is 0 Å². The molecule has 6 nitrogen and oxygen atoms in total. The monoisotopic (exact) mass is 592 g/mol. The smallest absolute Gasteiger partial charge is 0.394 e. The predicted octanol–water partition coefficient (Wildman–Crippen LogP) is 6.79. The van der Waals surface area contributed by atoms with Gasteiger partial charge in [-0.2, -0.15) is 13.2 Å². The summed E-state index contributed by atoms with van der Waals surface area (Å²) in [5.41, 5.74) is 4.33. The molecular formula is C32H42F4N3O3+. The molecule has 0 bridgehead atoms. The standard InChI is InChI=1S/C32H41F4N3O3/c1-7-8-12-23-16-21-11-9-10-13-24(21)30(38-23)42-15-14-39(5,6)26(18-31(3,4)32(34,35)36)28-25(33)17-22(19-40)20(2)27(28)29(37)41/h9-11,13,16-17,26,40H,7-8,12,14-15,18-19H2,1-6H3,(H-,37,41)/p+1. The van der Waals surface area contributed by atoms with E-state index in [1.807, 2.05) is 30.3 Å². The van der Waals surface area contributed by atoms with Crippen molar-refractivity contribution in [1.82, 2.24) is 4.98 Å². The summed E-state index contributed by atoms with van der Waals surface area (Å²) < 4.78 is 64.2. The Bertz CT molecular complexity index is 1420. The van der Waals surface area contributed by atoms with Crippen LogP contribution in [-0.4, -0.2) is 53.9 Å². The first-order chi connectivity index (χ1) is 19.5. The van der Waals surface area contributed by atoms with Crippen LogP contribution in [0.5, 0.6) is 5.88 Å². The van der Waals surface area contributed by atoms with Crippen LogP contribution in [-0.2, 0) is 13.0 Å². The first kappa shape index (κ1) is 33.3. The van der Waals surface area contributed by atoms with E-state index >= 15 is 4.39 Å². The number of aliphatic hydroxyl groups excluding tert-OH is 1. The molecule has 1 atom stereocenters. The number of fused-ring (bicyclic) bond motifs is 1. The summed E-state index contributed by atoms with van der Waals surface area (Å²) in [6.45, 7) is 5.42. The molecule has 1 heterocycles. The van der Waals surface area contributed by atoms with Gasteiger partial charge in [0.05, 0.1) is 37.2 Å². The Morgan fingerprint density at radius 3 is 2.43 bits per heavy atom. The van der Waals surface area contributed by atoms with Gasteiger partial charge in [-0.25, -0.2) is 9.37 Å². The Balaban J connectivity index is 2.04. The Morgan fingerprint density at radius 2 is 1.83 bits per heavy atom. The van der Waals surface area contributed by atoms with E-state index in [9.17, 15) is 23.1 Å². The lowest BCUT2D eigenvalue weighted by Crippen LogP contribution is -2.50. The Kier molecular flexibility index (Phi) is 10.3. The number of alkyl halides is 3. The summed E-state index contributed by atoms with van der Waals surface area (Å²) in [5.74, 6) is -1.43. The van der Waals surface area contributed by atoms with Gasteiger partial charge in [0.1, 0.15) is 25.0 Å². The summed E-state index contributed by atoms with van der Waals surface area (Å²) in [6, 6.07) is 9.65. The number of carbonyl (C=O) groups is 1. The number of aryl methyl sites for hydroxylation is 1. The zero-order valence-corrected chi connectivity index (χ0v) is 25.2. The van der Waals surface area contributed by atoms with Gasteiger partial charge in [0.2, 0.25) is 11.8 Å². The van der Waals surface area contributed by atoms with Crippen molar-refractivity contribution < 1.29 is 36.7 Å². The number of pyridine rings is 1. The van der Waals surface area contributed by atoms with Gasteiger partial charge in [-0.15, -0.1) is 0 Å². The van der Waals surface area contributed by atoms with Crippen molar-refractivity contribution in [3.05, 3.63) is 70.2 Å². The van der Waals surface area contributed by atoms with Gasteiger partial charge in [-0.1, -0.05) is 45.4 Å². The van der Waals surface area contributed by atoms with Crippen molar-refractivity contribution in [2.75, 3.05) is 27.2 Å². The van der Waals surface area contributed by atoms with E-state index in [0.717, 1.165) is 55.6 Å². The normalized spacial score (nSPS) is 13.4. The molecule has 1 aromatic heterocycles. The fourth-order valence-corrected chi connectivity index (χ4v) is 5.28. The van der Waals surface area contributed by atoms with Gasteiger partial charge in [0.15, 0.2) is 0 Å². The number of hydrogen-bond donors (Lipinski definition) is 2. The number of hydrogen-bond acceptors (Lipinski definition) is 4. The molecule has 10 heteroatoms. The summed E-state index contributed by atoms with van der Waals surface area (Å²) in [4.78, 5) is 17.3. The minimum atomic E-state index is -4.59. The molecule has 1 unspecified atom stereocenters. The Morgan fingerprint density at radius 1 is 1.17 bits per heavy atom. The van der Waals surface area contributed by atoms with Gasteiger partial charge in [0, 0.05) is 17.5 Å². The zero-order chi connectivity index (χ0) is 31.5. The maximum Gasteiger partial charge on any atom is 0.394 e. The molecule has 0 saturated carbocycles. The molecule has 0 radical (unpaired) electrons. The number of halogens is 4. The summed E-state index contributed by atoms with van der Waals surface area (Å²) >= 11 is 0. The van der Waals surface area contributed by atoms with E-state index in [1.165, 1.54) is 6.92 Å². The van der Waals surface area contributed by atoms with Crippen molar-refractivity contribution in [2.45, 2.75) is 72.2 Å². The fraction of sp³-hybridized carbons (Fsp3) is 0.500. The van der Waals surface area contributed by atoms with E-state index in [0.29, 0.717) is 5.88 Å². The number of quaternary nitrogens is 1. The minimum Gasteiger partial charge on any atom is -0.471 e. The highest BCUT2D eigenvalue weighted by atomic mass is 19.4. The second kappa shape index (κ2) is 13.0. The summed E-state index contributed by atoms with van der Waals surface area (Å²) in [5, 5.41) is 11.5. The lowest BCUT2D eigenvalue weighted by molar-refractivity contribution is -0.922. The Hall–Kier alpha value is -3.24. The highest BCUT2D eigenvalue weighted by molar-refractivity contribution is 5.96. The highest BCUT2D eigenvalue weighted by Crippen LogP contribution is 2.48. The number of carbonyl (C=O) groups excluding carboxylic acids is 1. The third kappa shape index (κ3) is 7.21. The molecule has 3 aromatic rings. The summed E-state index contributed by atoms with van der Waals surface area (Å²) in [6.07, 6.45) is -2.35. The first-order valence-corrected chi connectivity index (χ1v) is 14.2. The molecule has 0 aliphatic rings.